The maximum absolute atomic E-state index is 12.5. The second-order valence-corrected chi connectivity index (χ2v) is 16.0. The topological polar surface area (TPSA) is 138 Å². The van der Waals surface area contributed by atoms with E-state index in [-0.39, 0.29) is 106 Å². The molecule has 0 amide bonds. The van der Waals surface area contributed by atoms with E-state index in [0.717, 1.165) is 64.6 Å². The van der Waals surface area contributed by atoms with Gasteiger partial charge >= 0.3 is 71.2 Å². The minimum Gasteiger partial charge on any atom is -0.872 e. The molecule has 68 heavy (non-hydrogen) atoms. The van der Waals surface area contributed by atoms with Crippen LogP contribution in [0.5, 0.6) is 34.5 Å². The Labute approximate surface area is 448 Å². The first-order valence-corrected chi connectivity index (χ1v) is 21.4. The first kappa shape index (κ1) is 47.9. The second-order valence-electron chi connectivity index (χ2n) is 16.0. The molecular formula is C60H36La2O6. The maximum Gasteiger partial charge on any atom is 3.00 e. The molecule has 12 aromatic carbocycles. The van der Waals surface area contributed by atoms with Crippen LogP contribution in [0.2, 0.25) is 0 Å². The van der Waals surface area contributed by atoms with Crippen LogP contribution in [0.4, 0.5) is 0 Å². The standard InChI is InChI=1S/3C20H14O2.2La/c3*21-17-11-9-13-5-1-3-7-15(13)19(17)20-16-8-4-2-6-14(16)10-12-18(20)22;;/h3*1-12,21-22H;;/q;;;2*+3/p-6. The van der Waals surface area contributed by atoms with Crippen molar-refractivity contribution in [3.63, 3.8) is 0 Å². The van der Waals surface area contributed by atoms with Gasteiger partial charge in [-0.15, -0.1) is 34.5 Å². The van der Waals surface area contributed by atoms with E-state index in [1.807, 2.05) is 146 Å². The molecule has 0 saturated carbocycles. The third-order valence-electron chi connectivity index (χ3n) is 12.1. The molecule has 0 aromatic heterocycles. The molecule has 12 aromatic rings. The summed E-state index contributed by atoms with van der Waals surface area (Å²) in [5, 5.41) is 85.7. The molecule has 0 N–H and O–H groups in total. The summed E-state index contributed by atoms with van der Waals surface area (Å²) in [5.74, 6) is -0.710. The van der Waals surface area contributed by atoms with Crippen molar-refractivity contribution in [2.24, 2.45) is 0 Å². The quantitative estimate of drug-likeness (QED) is 0.173. The molecule has 0 atom stereocenters. The molecular weight excluding hydrogens is 1090 g/mol. The van der Waals surface area contributed by atoms with Crippen LogP contribution in [0.25, 0.3) is 98.0 Å². The van der Waals surface area contributed by atoms with Gasteiger partial charge in [0.1, 0.15) is 0 Å². The van der Waals surface area contributed by atoms with Crippen molar-refractivity contribution >= 4 is 64.6 Å². The summed E-state index contributed by atoms with van der Waals surface area (Å²) in [6.07, 6.45) is 0. The predicted octanol–water partition coefficient (Wildman–Crippen LogP) is 11.4. The van der Waals surface area contributed by atoms with Crippen LogP contribution in [-0.4, -0.2) is 0 Å². The van der Waals surface area contributed by atoms with Gasteiger partial charge in [0.25, 0.3) is 0 Å². The van der Waals surface area contributed by atoms with Crippen LogP contribution in [0.15, 0.2) is 218 Å². The molecule has 0 bridgehead atoms. The van der Waals surface area contributed by atoms with Gasteiger partial charge in [0.05, 0.1) is 0 Å². The minimum absolute atomic E-state index is 0. The summed E-state index contributed by atoms with van der Waals surface area (Å²) in [6, 6.07) is 66.1. The zero-order valence-electron chi connectivity index (χ0n) is 36.4. The average Bonchev–Trinajstić information content (AvgIpc) is 3.35. The molecule has 0 aliphatic rings. The Morgan fingerprint density at radius 3 is 0.441 bits per heavy atom. The van der Waals surface area contributed by atoms with Gasteiger partial charge in [-0.1, -0.05) is 218 Å². The first-order chi connectivity index (χ1) is 32.3. The van der Waals surface area contributed by atoms with E-state index in [9.17, 15) is 30.6 Å². The number of benzene rings is 12. The summed E-state index contributed by atoms with van der Waals surface area (Å²) < 4.78 is 0. The molecule has 8 heteroatoms. The molecule has 12 rings (SSSR count). The summed E-state index contributed by atoms with van der Waals surface area (Å²) in [5.41, 5.74) is 3.00. The Morgan fingerprint density at radius 2 is 0.294 bits per heavy atom. The van der Waals surface area contributed by atoms with Gasteiger partial charge in [0.2, 0.25) is 0 Å². The number of hydrogen-bond donors (Lipinski definition) is 0. The zero-order chi connectivity index (χ0) is 45.3. The Bertz CT molecular complexity index is 3170. The van der Waals surface area contributed by atoms with Gasteiger partial charge in [0, 0.05) is 0 Å². The van der Waals surface area contributed by atoms with E-state index in [1.54, 1.807) is 72.8 Å². The Kier molecular flexibility index (Phi) is 14.6. The van der Waals surface area contributed by atoms with E-state index in [4.69, 9.17) is 0 Å². The third kappa shape index (κ3) is 9.07. The SMILES string of the molecule is [La+3].[La+3].[O-]c1ccc2ccccc2c1-c1c([O-])ccc2ccccc12.[O-]c1ccc2ccccc2c1-c1c([O-])ccc2ccccc12.[O-]c1ccc2ccccc2c1-c1c([O-])ccc2ccccc12. The summed E-state index contributed by atoms with van der Waals surface area (Å²) >= 11 is 0. The van der Waals surface area contributed by atoms with Gasteiger partial charge in [-0.25, -0.2) is 0 Å². The predicted molar refractivity (Wildman–Crippen MR) is 257 cm³/mol. The van der Waals surface area contributed by atoms with Crippen molar-refractivity contribution < 1.29 is 102 Å². The third-order valence-corrected chi connectivity index (χ3v) is 12.1. The molecule has 318 valence electrons. The zero-order valence-corrected chi connectivity index (χ0v) is 43.6. The fraction of sp³-hybridized carbons (Fsp3) is 0. The molecule has 0 saturated heterocycles. The van der Waals surface area contributed by atoms with Crippen molar-refractivity contribution in [3.8, 4) is 67.9 Å². The fourth-order valence-electron chi connectivity index (χ4n) is 9.06. The Balaban J connectivity index is 0.000000136. The minimum atomic E-state index is -0.118. The monoisotopic (exact) mass is 1130 g/mol. The van der Waals surface area contributed by atoms with Crippen molar-refractivity contribution in [3.05, 3.63) is 218 Å². The molecule has 0 unspecified atom stereocenters. The van der Waals surface area contributed by atoms with Crippen LogP contribution in [0.3, 0.4) is 0 Å². The van der Waals surface area contributed by atoms with Crippen molar-refractivity contribution in [2.75, 3.05) is 0 Å². The molecule has 0 fully saturated rings. The van der Waals surface area contributed by atoms with Gasteiger partial charge in [-0.3, -0.25) is 0 Å². The van der Waals surface area contributed by atoms with Gasteiger partial charge in [-0.05, 0) is 98.0 Å². The molecule has 0 spiro atoms. The Hall–Kier alpha value is -6.61. The number of hydrogen-bond acceptors (Lipinski definition) is 6. The van der Waals surface area contributed by atoms with Crippen LogP contribution < -0.4 is 30.6 Å². The van der Waals surface area contributed by atoms with Crippen molar-refractivity contribution in [1.29, 1.82) is 0 Å². The van der Waals surface area contributed by atoms with Gasteiger partial charge in [0.15, 0.2) is 0 Å². The van der Waals surface area contributed by atoms with Gasteiger partial charge in [-0.2, -0.15) is 0 Å². The number of fused-ring (bicyclic) bond motifs is 6. The van der Waals surface area contributed by atoms with E-state index < -0.39 is 0 Å². The molecule has 0 radical (unpaired) electrons. The van der Waals surface area contributed by atoms with Gasteiger partial charge < -0.3 is 30.6 Å². The molecule has 0 aliphatic heterocycles. The smallest absolute Gasteiger partial charge is 0.872 e. The first-order valence-electron chi connectivity index (χ1n) is 21.4. The summed E-state index contributed by atoms with van der Waals surface area (Å²) in [4.78, 5) is 0. The molecule has 0 aliphatic carbocycles. The Morgan fingerprint density at radius 1 is 0.162 bits per heavy atom. The van der Waals surface area contributed by atoms with E-state index in [2.05, 4.69) is 0 Å². The number of rotatable bonds is 3. The van der Waals surface area contributed by atoms with Crippen molar-refractivity contribution in [1.82, 2.24) is 0 Å². The van der Waals surface area contributed by atoms with Crippen LogP contribution >= 0.6 is 0 Å². The summed E-state index contributed by atoms with van der Waals surface area (Å²) in [6.45, 7) is 0. The van der Waals surface area contributed by atoms with Crippen molar-refractivity contribution in [2.45, 2.75) is 0 Å². The largest absolute Gasteiger partial charge is 3.00 e. The second kappa shape index (κ2) is 20.7. The van der Waals surface area contributed by atoms with E-state index in [0.29, 0.717) is 33.4 Å². The fourth-order valence-corrected chi connectivity index (χ4v) is 9.06. The maximum atomic E-state index is 12.5. The van der Waals surface area contributed by atoms with E-state index in [1.165, 1.54) is 0 Å². The van der Waals surface area contributed by atoms with E-state index >= 15 is 0 Å². The van der Waals surface area contributed by atoms with Crippen LogP contribution in [0.1, 0.15) is 0 Å². The average molecular weight is 1130 g/mol. The summed E-state index contributed by atoms with van der Waals surface area (Å²) in [7, 11) is 0. The molecule has 6 nitrogen and oxygen atoms in total. The van der Waals surface area contributed by atoms with Crippen LogP contribution in [-0.2, 0) is 0 Å². The molecule has 0 heterocycles. The normalized spacial score (nSPS) is 10.8. The van der Waals surface area contributed by atoms with Crippen LogP contribution in [0, 0.1) is 71.2 Å².